The topological polar surface area (TPSA) is 28.5 Å². The van der Waals surface area contributed by atoms with Crippen molar-refractivity contribution in [2.24, 2.45) is 4.99 Å². The number of rotatable bonds is 5. The van der Waals surface area contributed by atoms with E-state index in [2.05, 4.69) is 53.0 Å². The Bertz CT molecular complexity index is 802. The molecule has 0 aliphatic carbocycles. The van der Waals surface area contributed by atoms with Crippen molar-refractivity contribution in [3.8, 4) is 0 Å². The van der Waals surface area contributed by atoms with Crippen LogP contribution in [0.25, 0.3) is 10.9 Å². The summed E-state index contributed by atoms with van der Waals surface area (Å²) in [5.41, 5.74) is 4.04. The second-order valence-corrected chi connectivity index (χ2v) is 5.38. The number of benzene rings is 2. The van der Waals surface area contributed by atoms with Crippen molar-refractivity contribution in [2.45, 2.75) is 13.8 Å². The molecule has 3 rings (SSSR count). The van der Waals surface area contributed by atoms with E-state index in [1.807, 2.05) is 42.6 Å². The maximum atomic E-state index is 4.61. The van der Waals surface area contributed by atoms with Crippen LogP contribution in [0.1, 0.15) is 19.5 Å². The molecular weight excluding hydrogens is 282 g/mol. The zero-order valence-corrected chi connectivity index (χ0v) is 13.6. The molecule has 3 aromatic rings. The molecule has 2 aromatic carbocycles. The van der Waals surface area contributed by atoms with Crippen molar-refractivity contribution in [3.63, 3.8) is 0 Å². The minimum absolute atomic E-state index is 0.872. The van der Waals surface area contributed by atoms with Crippen LogP contribution in [0, 0.1) is 0 Å². The Morgan fingerprint density at radius 3 is 2.39 bits per heavy atom. The van der Waals surface area contributed by atoms with Crippen molar-refractivity contribution in [3.05, 3.63) is 66.4 Å². The van der Waals surface area contributed by atoms with Gasteiger partial charge in [0.25, 0.3) is 0 Å². The van der Waals surface area contributed by atoms with Crippen molar-refractivity contribution in [1.29, 1.82) is 0 Å². The molecular formula is C20H21N3. The minimum atomic E-state index is 0.872. The van der Waals surface area contributed by atoms with Gasteiger partial charge < -0.3 is 4.90 Å². The predicted molar refractivity (Wildman–Crippen MR) is 99.0 cm³/mol. The lowest BCUT2D eigenvalue weighted by Crippen LogP contribution is -2.21. The normalized spacial score (nSPS) is 11.2. The first-order valence-electron chi connectivity index (χ1n) is 8.05. The van der Waals surface area contributed by atoms with Gasteiger partial charge in [0.05, 0.1) is 23.1 Å². The maximum absolute atomic E-state index is 4.61. The molecule has 3 heteroatoms. The first kappa shape index (κ1) is 15.2. The molecule has 0 saturated carbocycles. The number of pyridine rings is 1. The molecule has 0 atom stereocenters. The van der Waals surface area contributed by atoms with Gasteiger partial charge in [-0.25, -0.2) is 4.98 Å². The van der Waals surface area contributed by atoms with Crippen LogP contribution in [-0.4, -0.2) is 24.3 Å². The smallest absolute Gasteiger partial charge is 0.0820 e. The van der Waals surface area contributed by atoms with Gasteiger partial charge in [-0.2, -0.15) is 0 Å². The van der Waals surface area contributed by atoms with Gasteiger partial charge in [0, 0.05) is 24.2 Å². The van der Waals surface area contributed by atoms with Crippen LogP contribution >= 0.6 is 0 Å². The highest BCUT2D eigenvalue weighted by Crippen LogP contribution is 2.19. The van der Waals surface area contributed by atoms with Gasteiger partial charge in [0.2, 0.25) is 0 Å². The summed E-state index contributed by atoms with van der Waals surface area (Å²) in [6.45, 7) is 6.36. The number of para-hydroxylation sites is 1. The molecule has 0 bridgehead atoms. The molecule has 0 saturated heterocycles. The van der Waals surface area contributed by atoms with E-state index >= 15 is 0 Å². The molecule has 0 unspecified atom stereocenters. The van der Waals surface area contributed by atoms with Crippen molar-refractivity contribution >= 4 is 28.5 Å². The van der Waals surface area contributed by atoms with Crippen LogP contribution in [0.15, 0.2) is 65.7 Å². The number of fused-ring (bicyclic) bond motifs is 1. The SMILES string of the molecule is CCN(CC)c1ccc(N=Cc2ccc3ccccc3n2)cc1. The molecule has 3 nitrogen and oxygen atoms in total. The third-order valence-electron chi connectivity index (χ3n) is 3.94. The van der Waals surface area contributed by atoms with E-state index in [9.17, 15) is 0 Å². The molecule has 0 amide bonds. The van der Waals surface area contributed by atoms with Gasteiger partial charge in [-0.1, -0.05) is 24.3 Å². The molecule has 1 heterocycles. The Hall–Kier alpha value is -2.68. The van der Waals surface area contributed by atoms with Crippen LogP contribution in [0.5, 0.6) is 0 Å². The molecule has 1 aromatic heterocycles. The third-order valence-corrected chi connectivity index (χ3v) is 3.94. The fourth-order valence-electron chi connectivity index (χ4n) is 2.63. The van der Waals surface area contributed by atoms with Crippen LogP contribution in [0.3, 0.4) is 0 Å². The van der Waals surface area contributed by atoms with Crippen molar-refractivity contribution < 1.29 is 0 Å². The highest BCUT2D eigenvalue weighted by molar-refractivity contribution is 5.86. The fourth-order valence-corrected chi connectivity index (χ4v) is 2.63. The highest BCUT2D eigenvalue weighted by atomic mass is 15.1. The van der Waals surface area contributed by atoms with Crippen LogP contribution < -0.4 is 4.90 Å². The minimum Gasteiger partial charge on any atom is -0.372 e. The van der Waals surface area contributed by atoms with Crippen molar-refractivity contribution in [2.75, 3.05) is 18.0 Å². The molecule has 0 fully saturated rings. The molecule has 0 aliphatic heterocycles. The van der Waals surface area contributed by atoms with Crippen molar-refractivity contribution in [1.82, 2.24) is 4.98 Å². The Labute approximate surface area is 137 Å². The van der Waals surface area contributed by atoms with Gasteiger partial charge >= 0.3 is 0 Å². The lowest BCUT2D eigenvalue weighted by atomic mass is 10.2. The van der Waals surface area contributed by atoms with Crippen LogP contribution in [-0.2, 0) is 0 Å². The van der Waals surface area contributed by atoms with Gasteiger partial charge in [-0.3, -0.25) is 4.99 Å². The number of hydrogen-bond donors (Lipinski definition) is 0. The summed E-state index contributed by atoms with van der Waals surface area (Å²) in [5, 5.41) is 1.15. The summed E-state index contributed by atoms with van der Waals surface area (Å²) in [6, 6.07) is 20.5. The highest BCUT2D eigenvalue weighted by Gasteiger charge is 2.00. The maximum Gasteiger partial charge on any atom is 0.0820 e. The Balaban J connectivity index is 1.78. The monoisotopic (exact) mass is 303 g/mol. The Morgan fingerprint density at radius 2 is 1.65 bits per heavy atom. The average molecular weight is 303 g/mol. The lowest BCUT2D eigenvalue weighted by molar-refractivity contribution is 0.866. The van der Waals surface area contributed by atoms with Gasteiger partial charge in [-0.05, 0) is 50.2 Å². The second kappa shape index (κ2) is 7.05. The summed E-state index contributed by atoms with van der Waals surface area (Å²) < 4.78 is 0. The van der Waals surface area contributed by atoms with E-state index in [0.717, 1.165) is 35.4 Å². The first-order valence-corrected chi connectivity index (χ1v) is 8.05. The quantitative estimate of drug-likeness (QED) is 0.631. The van der Waals surface area contributed by atoms with E-state index in [0.29, 0.717) is 0 Å². The molecule has 0 N–H and O–H groups in total. The summed E-state index contributed by atoms with van der Waals surface area (Å²) >= 11 is 0. The van der Waals surface area contributed by atoms with Gasteiger partial charge in [0.1, 0.15) is 0 Å². The number of anilines is 1. The fraction of sp³-hybridized carbons (Fsp3) is 0.200. The number of nitrogens with zero attached hydrogens (tertiary/aromatic N) is 3. The molecule has 0 aliphatic rings. The number of aromatic nitrogens is 1. The molecule has 0 radical (unpaired) electrons. The largest absolute Gasteiger partial charge is 0.372 e. The molecule has 23 heavy (non-hydrogen) atoms. The Kier molecular flexibility index (Phi) is 4.67. The van der Waals surface area contributed by atoms with E-state index in [1.165, 1.54) is 5.69 Å². The van der Waals surface area contributed by atoms with E-state index in [4.69, 9.17) is 0 Å². The third kappa shape index (κ3) is 3.57. The average Bonchev–Trinajstić information content (AvgIpc) is 2.62. The molecule has 0 spiro atoms. The summed E-state index contributed by atoms with van der Waals surface area (Å²) in [5.74, 6) is 0. The standard InChI is InChI=1S/C20H21N3/c1-3-23(4-2)19-13-11-17(12-14-19)21-15-18-10-9-16-7-5-6-8-20(16)22-18/h5-15H,3-4H2,1-2H3. The summed E-state index contributed by atoms with van der Waals surface area (Å²) in [4.78, 5) is 11.5. The van der Waals surface area contributed by atoms with Crippen LogP contribution in [0.4, 0.5) is 11.4 Å². The summed E-state index contributed by atoms with van der Waals surface area (Å²) in [6.07, 6.45) is 1.82. The van der Waals surface area contributed by atoms with E-state index in [-0.39, 0.29) is 0 Å². The van der Waals surface area contributed by atoms with E-state index in [1.54, 1.807) is 0 Å². The first-order chi connectivity index (χ1) is 11.3. The van der Waals surface area contributed by atoms with E-state index < -0.39 is 0 Å². The second-order valence-electron chi connectivity index (χ2n) is 5.38. The zero-order chi connectivity index (χ0) is 16.1. The number of hydrogen-bond acceptors (Lipinski definition) is 3. The zero-order valence-electron chi connectivity index (χ0n) is 13.6. The van der Waals surface area contributed by atoms with Gasteiger partial charge in [0.15, 0.2) is 0 Å². The van der Waals surface area contributed by atoms with Gasteiger partial charge in [-0.15, -0.1) is 0 Å². The Morgan fingerprint density at radius 1 is 0.913 bits per heavy atom. The number of aliphatic imine (C=N–C) groups is 1. The molecule has 116 valence electrons. The summed E-state index contributed by atoms with van der Waals surface area (Å²) in [7, 11) is 0. The lowest BCUT2D eigenvalue weighted by Gasteiger charge is -2.20. The predicted octanol–water partition coefficient (Wildman–Crippen LogP) is 4.83. The van der Waals surface area contributed by atoms with Crippen LogP contribution in [0.2, 0.25) is 0 Å².